The zero-order valence-electron chi connectivity index (χ0n) is 12.7. The third-order valence-electron chi connectivity index (χ3n) is 3.56. The van der Waals surface area contributed by atoms with Crippen LogP contribution in [0.5, 0.6) is 0 Å². The van der Waals surface area contributed by atoms with E-state index in [4.69, 9.17) is 10.2 Å². The van der Waals surface area contributed by atoms with Gasteiger partial charge in [0.25, 0.3) is 0 Å². The number of aromatic nitrogens is 3. The lowest BCUT2D eigenvalue weighted by molar-refractivity contribution is 0.545. The quantitative estimate of drug-likeness (QED) is 0.707. The van der Waals surface area contributed by atoms with Crippen LogP contribution in [0.4, 0.5) is 5.69 Å². The number of unbranched alkanes of at least 4 members (excludes halogenated alkanes) is 1. The average Bonchev–Trinajstić information content (AvgIpc) is 3.17. The van der Waals surface area contributed by atoms with Crippen molar-refractivity contribution in [1.29, 1.82) is 0 Å². The highest BCUT2D eigenvalue weighted by Gasteiger charge is 2.13. The Labute approximate surface area is 129 Å². The molecule has 3 rings (SSSR count). The van der Waals surface area contributed by atoms with Gasteiger partial charge in [-0.1, -0.05) is 25.5 Å². The van der Waals surface area contributed by atoms with Crippen LogP contribution in [0.25, 0.3) is 11.6 Å². The highest BCUT2D eigenvalue weighted by molar-refractivity contribution is 5.46. The van der Waals surface area contributed by atoms with Crippen molar-refractivity contribution in [3.05, 3.63) is 54.0 Å². The molecule has 1 aromatic carbocycles. The number of benzene rings is 1. The first-order valence-electron chi connectivity index (χ1n) is 7.58. The maximum atomic E-state index is 5.74. The van der Waals surface area contributed by atoms with Gasteiger partial charge in [-0.15, -0.1) is 5.10 Å². The number of nitrogens with zero attached hydrogens (tertiary/aromatic N) is 3. The van der Waals surface area contributed by atoms with Gasteiger partial charge in [-0.3, -0.25) is 0 Å². The Bertz CT molecular complexity index is 714. The van der Waals surface area contributed by atoms with E-state index in [9.17, 15) is 0 Å². The number of hydrogen-bond donors (Lipinski definition) is 1. The monoisotopic (exact) mass is 296 g/mol. The molecule has 2 heterocycles. The van der Waals surface area contributed by atoms with E-state index < -0.39 is 0 Å². The van der Waals surface area contributed by atoms with E-state index in [0.29, 0.717) is 11.6 Å². The Kier molecular flexibility index (Phi) is 4.23. The SMILES string of the molecule is CCCCn1nc(-c2ccco2)nc1Cc1ccc(N)cc1. The van der Waals surface area contributed by atoms with Crippen LogP contribution in [0, 0.1) is 0 Å². The summed E-state index contributed by atoms with van der Waals surface area (Å²) in [5.41, 5.74) is 7.68. The van der Waals surface area contributed by atoms with Crippen molar-refractivity contribution in [2.45, 2.75) is 32.7 Å². The van der Waals surface area contributed by atoms with Crippen molar-refractivity contribution in [2.24, 2.45) is 0 Å². The van der Waals surface area contributed by atoms with Gasteiger partial charge in [-0.05, 0) is 36.2 Å². The molecule has 0 bridgehead atoms. The molecule has 2 aromatic heterocycles. The molecule has 2 N–H and O–H groups in total. The maximum absolute atomic E-state index is 5.74. The van der Waals surface area contributed by atoms with Crippen molar-refractivity contribution in [3.8, 4) is 11.6 Å². The molecule has 0 aliphatic rings. The van der Waals surface area contributed by atoms with E-state index in [0.717, 1.165) is 37.3 Å². The third kappa shape index (κ3) is 3.19. The van der Waals surface area contributed by atoms with Gasteiger partial charge in [0.05, 0.1) is 6.26 Å². The Morgan fingerprint density at radius 2 is 2.00 bits per heavy atom. The molecule has 0 saturated carbocycles. The molecule has 114 valence electrons. The molecule has 5 heteroatoms. The van der Waals surface area contributed by atoms with Crippen molar-refractivity contribution < 1.29 is 4.42 Å². The van der Waals surface area contributed by atoms with Crippen LogP contribution in [0.15, 0.2) is 47.1 Å². The molecule has 0 aliphatic heterocycles. The second kappa shape index (κ2) is 6.47. The first-order chi connectivity index (χ1) is 10.8. The minimum Gasteiger partial charge on any atom is -0.461 e. The molecule has 3 aromatic rings. The Hall–Kier alpha value is -2.56. The van der Waals surface area contributed by atoms with Gasteiger partial charge in [0, 0.05) is 18.7 Å². The molecular weight excluding hydrogens is 276 g/mol. The van der Waals surface area contributed by atoms with Gasteiger partial charge in [-0.2, -0.15) is 0 Å². The summed E-state index contributed by atoms with van der Waals surface area (Å²) >= 11 is 0. The minimum atomic E-state index is 0.645. The summed E-state index contributed by atoms with van der Waals surface area (Å²) in [7, 11) is 0. The summed E-state index contributed by atoms with van der Waals surface area (Å²) in [6.45, 7) is 3.04. The third-order valence-corrected chi connectivity index (χ3v) is 3.56. The molecule has 0 atom stereocenters. The Morgan fingerprint density at radius 1 is 1.18 bits per heavy atom. The minimum absolute atomic E-state index is 0.645. The number of nitrogen functional groups attached to an aromatic ring is 1. The van der Waals surface area contributed by atoms with Gasteiger partial charge >= 0.3 is 0 Å². The lowest BCUT2D eigenvalue weighted by Crippen LogP contribution is -2.06. The zero-order valence-corrected chi connectivity index (χ0v) is 12.7. The standard InChI is InChI=1S/C17H20N4O/c1-2-3-10-21-16(12-13-6-8-14(18)9-7-13)19-17(20-21)15-5-4-11-22-15/h4-9,11H,2-3,10,12,18H2,1H3. The highest BCUT2D eigenvalue weighted by Crippen LogP contribution is 2.18. The fraction of sp³-hybridized carbons (Fsp3) is 0.294. The molecular formula is C17H20N4O. The first-order valence-corrected chi connectivity index (χ1v) is 7.58. The van der Waals surface area contributed by atoms with Gasteiger partial charge in [0.15, 0.2) is 5.76 Å². The van der Waals surface area contributed by atoms with Crippen molar-refractivity contribution in [2.75, 3.05) is 5.73 Å². The summed E-state index contributed by atoms with van der Waals surface area (Å²) in [4.78, 5) is 4.65. The van der Waals surface area contributed by atoms with Crippen LogP contribution in [0.1, 0.15) is 31.2 Å². The van der Waals surface area contributed by atoms with E-state index in [2.05, 4.69) is 17.0 Å². The summed E-state index contributed by atoms with van der Waals surface area (Å²) in [5.74, 6) is 2.30. The van der Waals surface area contributed by atoms with Crippen molar-refractivity contribution in [3.63, 3.8) is 0 Å². The van der Waals surface area contributed by atoms with Gasteiger partial charge in [0.2, 0.25) is 5.82 Å². The average molecular weight is 296 g/mol. The maximum Gasteiger partial charge on any atom is 0.217 e. The highest BCUT2D eigenvalue weighted by atomic mass is 16.3. The molecule has 5 nitrogen and oxygen atoms in total. The number of aryl methyl sites for hydroxylation is 1. The number of nitrogens with two attached hydrogens (primary N) is 1. The predicted molar refractivity (Wildman–Crippen MR) is 86.3 cm³/mol. The van der Waals surface area contributed by atoms with Crippen LogP contribution < -0.4 is 5.73 Å². The smallest absolute Gasteiger partial charge is 0.217 e. The molecule has 0 fully saturated rings. The van der Waals surface area contributed by atoms with Crippen LogP contribution in [-0.4, -0.2) is 14.8 Å². The van der Waals surface area contributed by atoms with E-state index in [1.165, 1.54) is 5.56 Å². The van der Waals surface area contributed by atoms with E-state index in [1.807, 2.05) is 41.1 Å². The summed E-state index contributed by atoms with van der Waals surface area (Å²) < 4.78 is 7.39. The molecule has 0 radical (unpaired) electrons. The fourth-order valence-corrected chi connectivity index (χ4v) is 2.32. The number of hydrogen-bond acceptors (Lipinski definition) is 4. The Balaban J connectivity index is 1.88. The van der Waals surface area contributed by atoms with E-state index in [-0.39, 0.29) is 0 Å². The van der Waals surface area contributed by atoms with E-state index >= 15 is 0 Å². The number of rotatable bonds is 6. The topological polar surface area (TPSA) is 69.9 Å². The molecule has 22 heavy (non-hydrogen) atoms. The molecule has 0 amide bonds. The lowest BCUT2D eigenvalue weighted by Gasteiger charge is -2.05. The normalized spacial score (nSPS) is 11.0. The van der Waals surface area contributed by atoms with Crippen molar-refractivity contribution >= 4 is 5.69 Å². The van der Waals surface area contributed by atoms with Crippen LogP contribution in [-0.2, 0) is 13.0 Å². The van der Waals surface area contributed by atoms with Gasteiger partial charge < -0.3 is 10.2 Å². The van der Waals surface area contributed by atoms with E-state index in [1.54, 1.807) is 6.26 Å². The molecule has 0 unspecified atom stereocenters. The lowest BCUT2D eigenvalue weighted by atomic mass is 10.1. The summed E-state index contributed by atoms with van der Waals surface area (Å²) in [5, 5.41) is 4.59. The summed E-state index contributed by atoms with van der Waals surface area (Å²) in [6, 6.07) is 11.6. The second-order valence-corrected chi connectivity index (χ2v) is 5.32. The Morgan fingerprint density at radius 3 is 2.68 bits per heavy atom. The predicted octanol–water partition coefficient (Wildman–Crippen LogP) is 3.51. The van der Waals surface area contributed by atoms with Gasteiger partial charge in [0.1, 0.15) is 5.82 Å². The van der Waals surface area contributed by atoms with Crippen LogP contribution in [0.3, 0.4) is 0 Å². The van der Waals surface area contributed by atoms with Crippen LogP contribution in [0.2, 0.25) is 0 Å². The molecule has 0 saturated heterocycles. The van der Waals surface area contributed by atoms with Crippen LogP contribution >= 0.6 is 0 Å². The van der Waals surface area contributed by atoms with Crippen molar-refractivity contribution in [1.82, 2.24) is 14.8 Å². The molecule has 0 aliphatic carbocycles. The second-order valence-electron chi connectivity index (χ2n) is 5.32. The largest absolute Gasteiger partial charge is 0.461 e. The zero-order chi connectivity index (χ0) is 15.4. The molecule has 0 spiro atoms. The van der Waals surface area contributed by atoms with Gasteiger partial charge in [-0.25, -0.2) is 9.67 Å². The summed E-state index contributed by atoms with van der Waals surface area (Å²) in [6.07, 6.45) is 4.58. The number of furan rings is 1. The number of anilines is 1. The fourth-order valence-electron chi connectivity index (χ4n) is 2.32. The first kappa shape index (κ1) is 14.4.